The number of carbonyl (C=O) groups is 1. The zero-order valence-corrected chi connectivity index (χ0v) is 21.0. The molecule has 1 aliphatic heterocycles. The number of imidazole rings is 1. The van der Waals surface area contributed by atoms with Crippen LogP contribution in [0.5, 0.6) is 0 Å². The third kappa shape index (κ3) is 5.81. The SMILES string of the molecule is [C-]#[N+]c1ccc(Cn2cncc2CN2CC(=O)N(c3cccc(I)c3)C[C@@H]2CCC[11CH3])cc1. The van der Waals surface area contributed by atoms with Crippen molar-refractivity contribution >= 4 is 39.9 Å². The number of carbonyl (C=O) groups excluding carboxylic acids is 1. The first-order valence-electron chi connectivity index (χ1n) is 11.3. The number of amides is 1. The van der Waals surface area contributed by atoms with Gasteiger partial charge in [0.05, 0.1) is 25.1 Å². The minimum absolute atomic E-state index is 0.144. The van der Waals surface area contributed by atoms with Crippen LogP contribution in [0.15, 0.2) is 61.1 Å². The van der Waals surface area contributed by atoms with Crippen LogP contribution in [0.25, 0.3) is 4.85 Å². The van der Waals surface area contributed by atoms with E-state index in [9.17, 15) is 4.79 Å². The normalized spacial score (nSPS) is 16.7. The van der Waals surface area contributed by atoms with Gasteiger partial charge < -0.3 is 9.47 Å². The Morgan fingerprint density at radius 2 is 2.00 bits per heavy atom. The number of hydrogen-bond acceptors (Lipinski definition) is 3. The van der Waals surface area contributed by atoms with Gasteiger partial charge in [0.2, 0.25) is 5.91 Å². The van der Waals surface area contributed by atoms with E-state index in [-0.39, 0.29) is 5.91 Å². The second-order valence-corrected chi connectivity index (χ2v) is 9.72. The Kier molecular flexibility index (Phi) is 7.78. The molecule has 1 fully saturated rings. The van der Waals surface area contributed by atoms with Crippen LogP contribution in [-0.4, -0.2) is 39.5 Å². The maximum Gasteiger partial charge on any atom is 0.241 e. The van der Waals surface area contributed by atoms with Crippen LogP contribution in [0.2, 0.25) is 0 Å². The molecule has 1 atom stereocenters. The first-order valence-corrected chi connectivity index (χ1v) is 12.4. The Hall–Kier alpha value is -2.70. The molecule has 1 aliphatic rings. The van der Waals surface area contributed by atoms with Crippen molar-refractivity contribution in [3.8, 4) is 0 Å². The predicted octanol–water partition coefficient (Wildman–Crippen LogP) is 5.49. The van der Waals surface area contributed by atoms with Gasteiger partial charge in [-0.05, 0) is 52.8 Å². The van der Waals surface area contributed by atoms with E-state index in [1.54, 1.807) is 0 Å². The van der Waals surface area contributed by atoms with Crippen molar-refractivity contribution in [3.05, 3.63) is 87.3 Å². The van der Waals surface area contributed by atoms with E-state index >= 15 is 0 Å². The second kappa shape index (κ2) is 10.9. The molecule has 6 nitrogen and oxygen atoms in total. The van der Waals surface area contributed by atoms with Crippen LogP contribution < -0.4 is 4.90 Å². The zero-order chi connectivity index (χ0) is 23.2. The van der Waals surface area contributed by atoms with E-state index in [0.29, 0.717) is 37.9 Å². The molecular formula is C26H28IN5O. The van der Waals surface area contributed by atoms with E-state index in [2.05, 4.69) is 60.9 Å². The van der Waals surface area contributed by atoms with Gasteiger partial charge in [-0.15, -0.1) is 0 Å². The highest BCUT2D eigenvalue weighted by molar-refractivity contribution is 14.1. The molecule has 2 heterocycles. The summed E-state index contributed by atoms with van der Waals surface area (Å²) in [5.41, 5.74) is 3.86. The van der Waals surface area contributed by atoms with Crippen molar-refractivity contribution in [2.24, 2.45) is 0 Å². The third-order valence-corrected chi connectivity index (χ3v) is 6.81. The summed E-state index contributed by atoms with van der Waals surface area (Å²) in [6.45, 7) is 11.8. The average Bonchev–Trinajstić information content (AvgIpc) is 3.25. The maximum atomic E-state index is 13.1. The summed E-state index contributed by atoms with van der Waals surface area (Å²) < 4.78 is 3.28. The summed E-state index contributed by atoms with van der Waals surface area (Å²) in [7, 11) is 0. The topological polar surface area (TPSA) is 45.7 Å². The third-order valence-electron chi connectivity index (χ3n) is 6.14. The fourth-order valence-corrected chi connectivity index (χ4v) is 4.84. The van der Waals surface area contributed by atoms with Gasteiger partial charge in [0.1, 0.15) is 0 Å². The summed E-state index contributed by atoms with van der Waals surface area (Å²) in [6.07, 6.45) is 7.10. The number of nitrogens with zero attached hydrogens (tertiary/aromatic N) is 5. The van der Waals surface area contributed by atoms with Crippen molar-refractivity contribution in [1.82, 2.24) is 14.5 Å². The first-order chi connectivity index (χ1) is 16.1. The maximum absolute atomic E-state index is 13.1. The van der Waals surface area contributed by atoms with Crippen LogP contribution in [-0.2, 0) is 17.9 Å². The smallest absolute Gasteiger partial charge is 0.241 e. The number of aromatic nitrogens is 2. The van der Waals surface area contributed by atoms with Gasteiger partial charge in [-0.2, -0.15) is 0 Å². The minimum atomic E-state index is 0.144. The molecule has 0 aliphatic carbocycles. The number of benzene rings is 2. The lowest BCUT2D eigenvalue weighted by atomic mass is 9.99. The molecule has 1 amide bonds. The molecule has 0 bridgehead atoms. The molecule has 3 aromatic rings. The Morgan fingerprint density at radius 1 is 1.18 bits per heavy atom. The summed E-state index contributed by atoms with van der Waals surface area (Å²) in [4.78, 5) is 25.3. The molecule has 0 radical (unpaired) electrons. The highest BCUT2D eigenvalue weighted by Crippen LogP contribution is 2.25. The standard InChI is InChI=1S/C26H28IN5O/c1-3-4-7-24-17-32(23-8-5-6-21(27)13-23)26(33)18-30(24)16-25-14-29-19-31(25)15-20-9-11-22(28-2)12-10-20/h5-6,8-14,19,24H,3-4,7,15-18H2,1H3/t24-/m0/s1/i1-1. The number of rotatable bonds is 8. The lowest BCUT2D eigenvalue weighted by molar-refractivity contribution is -0.122. The first kappa shape index (κ1) is 23.5. The molecule has 2 aromatic carbocycles. The highest BCUT2D eigenvalue weighted by atomic mass is 127. The molecule has 33 heavy (non-hydrogen) atoms. The lowest BCUT2D eigenvalue weighted by Gasteiger charge is -2.41. The van der Waals surface area contributed by atoms with Crippen molar-refractivity contribution < 1.29 is 4.79 Å². The van der Waals surface area contributed by atoms with Gasteiger partial charge in [-0.25, -0.2) is 9.83 Å². The summed E-state index contributed by atoms with van der Waals surface area (Å²) in [5, 5.41) is 0. The molecule has 0 N–H and O–H groups in total. The van der Waals surface area contributed by atoms with Crippen LogP contribution >= 0.6 is 22.6 Å². The van der Waals surface area contributed by atoms with Crippen LogP contribution in [0, 0.1) is 10.1 Å². The molecule has 0 spiro atoms. The Balaban J connectivity index is 1.50. The fraction of sp³-hybridized carbons (Fsp3) is 0.346. The molecule has 0 unspecified atom stereocenters. The van der Waals surface area contributed by atoms with Crippen molar-refractivity contribution in [2.45, 2.75) is 45.3 Å². The number of anilines is 1. The second-order valence-electron chi connectivity index (χ2n) is 8.48. The largest absolute Gasteiger partial charge is 0.329 e. The van der Waals surface area contributed by atoms with Crippen LogP contribution in [0.3, 0.4) is 0 Å². The molecule has 1 aromatic heterocycles. The van der Waals surface area contributed by atoms with Crippen molar-refractivity contribution in [2.75, 3.05) is 18.0 Å². The van der Waals surface area contributed by atoms with Crippen molar-refractivity contribution in [3.63, 3.8) is 0 Å². The van der Waals surface area contributed by atoms with Crippen LogP contribution in [0.1, 0.15) is 37.4 Å². The Morgan fingerprint density at radius 3 is 2.73 bits per heavy atom. The van der Waals surface area contributed by atoms with E-state index in [4.69, 9.17) is 6.57 Å². The number of piperazine rings is 1. The fourth-order valence-electron chi connectivity index (χ4n) is 4.31. The summed E-state index contributed by atoms with van der Waals surface area (Å²) in [5.74, 6) is 0.144. The van der Waals surface area contributed by atoms with Gasteiger partial charge in [-0.3, -0.25) is 9.69 Å². The zero-order valence-electron chi connectivity index (χ0n) is 18.8. The summed E-state index contributed by atoms with van der Waals surface area (Å²) in [6, 6.07) is 16.2. The highest BCUT2D eigenvalue weighted by Gasteiger charge is 2.33. The van der Waals surface area contributed by atoms with E-state index in [1.165, 1.54) is 0 Å². The Labute approximate surface area is 209 Å². The van der Waals surface area contributed by atoms with E-state index in [1.807, 2.05) is 53.8 Å². The van der Waals surface area contributed by atoms with Gasteiger partial charge in [-0.1, -0.05) is 50.1 Å². The summed E-state index contributed by atoms with van der Waals surface area (Å²) >= 11 is 2.30. The van der Waals surface area contributed by atoms with E-state index in [0.717, 1.165) is 39.8 Å². The number of hydrogen-bond donors (Lipinski definition) is 0. The molecule has 170 valence electrons. The van der Waals surface area contributed by atoms with Crippen molar-refractivity contribution in [1.29, 1.82) is 0 Å². The quantitative estimate of drug-likeness (QED) is 0.274. The lowest BCUT2D eigenvalue weighted by Crippen LogP contribution is -2.56. The molecule has 4 rings (SSSR count). The average molecular weight is 552 g/mol. The molecule has 1 saturated heterocycles. The van der Waals surface area contributed by atoms with Gasteiger partial charge in [0.25, 0.3) is 0 Å². The van der Waals surface area contributed by atoms with Gasteiger partial charge >= 0.3 is 0 Å². The molecule has 7 heteroatoms. The number of unbranched alkanes of at least 4 members (excludes halogenated alkanes) is 1. The predicted molar refractivity (Wildman–Crippen MR) is 139 cm³/mol. The van der Waals surface area contributed by atoms with Crippen LogP contribution in [0.4, 0.5) is 11.4 Å². The van der Waals surface area contributed by atoms with E-state index < -0.39 is 0 Å². The number of halogens is 1. The minimum Gasteiger partial charge on any atom is -0.329 e. The molecular weight excluding hydrogens is 524 g/mol. The Bertz CT molecular complexity index is 1130. The monoisotopic (exact) mass is 552 g/mol. The molecule has 0 saturated carbocycles. The van der Waals surface area contributed by atoms with Gasteiger partial charge in [0, 0.05) is 41.1 Å². The van der Waals surface area contributed by atoms with Gasteiger partial charge in [0.15, 0.2) is 5.69 Å².